The number of amides is 1. The van der Waals surface area contributed by atoms with Gasteiger partial charge in [-0.25, -0.2) is 8.42 Å². The highest BCUT2D eigenvalue weighted by atomic mass is 35.7. The number of rotatable bonds is 6. The van der Waals surface area contributed by atoms with Crippen molar-refractivity contribution in [3.8, 4) is 5.75 Å². The summed E-state index contributed by atoms with van der Waals surface area (Å²) < 4.78 is 28.4. The van der Waals surface area contributed by atoms with Crippen LogP contribution in [0.5, 0.6) is 5.75 Å². The summed E-state index contributed by atoms with van der Waals surface area (Å²) in [6.07, 6.45) is 2.19. The number of ether oxygens (including phenoxy) is 1. The van der Waals surface area contributed by atoms with E-state index in [-0.39, 0.29) is 27.5 Å². The van der Waals surface area contributed by atoms with Crippen LogP contribution < -0.4 is 10.1 Å². The molecule has 1 aliphatic carbocycles. The maximum absolute atomic E-state index is 12.1. The van der Waals surface area contributed by atoms with Crippen LogP contribution in [0.2, 0.25) is 0 Å². The minimum atomic E-state index is -3.98. The molecule has 1 aliphatic rings. The van der Waals surface area contributed by atoms with Crippen molar-refractivity contribution >= 4 is 25.6 Å². The lowest BCUT2D eigenvalue weighted by atomic mass is 10.1. The van der Waals surface area contributed by atoms with Crippen molar-refractivity contribution in [2.75, 3.05) is 13.2 Å². The van der Waals surface area contributed by atoms with Crippen LogP contribution in [0.4, 0.5) is 0 Å². The van der Waals surface area contributed by atoms with Gasteiger partial charge in [-0.2, -0.15) is 0 Å². The first-order valence-electron chi connectivity index (χ1n) is 6.75. The molecular formula is C14H18ClNO4S. The molecule has 116 valence electrons. The van der Waals surface area contributed by atoms with Crippen LogP contribution in [0.25, 0.3) is 0 Å². The molecule has 0 aromatic heterocycles. The number of hydrogen-bond acceptors (Lipinski definition) is 4. The van der Waals surface area contributed by atoms with E-state index in [0.29, 0.717) is 13.2 Å². The van der Waals surface area contributed by atoms with Gasteiger partial charge in [0.2, 0.25) is 0 Å². The monoisotopic (exact) mass is 331 g/mol. The van der Waals surface area contributed by atoms with Gasteiger partial charge in [0.1, 0.15) is 10.6 Å². The molecule has 0 bridgehead atoms. The van der Waals surface area contributed by atoms with Crippen molar-refractivity contribution in [1.82, 2.24) is 5.32 Å². The quantitative estimate of drug-likeness (QED) is 0.813. The van der Waals surface area contributed by atoms with E-state index in [0.717, 1.165) is 12.8 Å². The molecule has 0 heterocycles. The molecule has 1 amide bonds. The summed E-state index contributed by atoms with van der Waals surface area (Å²) in [5.41, 5.74) is 0.435. The third-order valence-corrected chi connectivity index (χ3v) is 4.89. The van der Waals surface area contributed by atoms with E-state index in [1.807, 2.05) is 0 Å². The Bertz CT molecular complexity index is 653. The van der Waals surface area contributed by atoms with E-state index < -0.39 is 9.05 Å². The summed E-state index contributed by atoms with van der Waals surface area (Å²) in [4.78, 5) is 11.9. The van der Waals surface area contributed by atoms with Gasteiger partial charge in [-0.15, -0.1) is 0 Å². The maximum Gasteiger partial charge on any atom is 0.265 e. The van der Waals surface area contributed by atoms with E-state index in [1.165, 1.54) is 18.2 Å². The van der Waals surface area contributed by atoms with E-state index in [4.69, 9.17) is 15.4 Å². The second-order valence-electron chi connectivity index (χ2n) is 5.53. The van der Waals surface area contributed by atoms with Gasteiger partial charge in [0.15, 0.2) is 0 Å². The molecule has 0 spiro atoms. The van der Waals surface area contributed by atoms with Crippen LogP contribution >= 0.6 is 10.7 Å². The fraction of sp³-hybridized carbons (Fsp3) is 0.500. The Hall–Kier alpha value is -1.27. The smallest absolute Gasteiger partial charge is 0.265 e. The summed E-state index contributed by atoms with van der Waals surface area (Å²) in [5, 5.41) is 2.81. The average molecular weight is 332 g/mol. The minimum absolute atomic E-state index is 0.151. The highest BCUT2D eigenvalue weighted by Crippen LogP contribution is 2.44. The summed E-state index contributed by atoms with van der Waals surface area (Å²) in [6.45, 7) is 4.73. The Morgan fingerprint density at radius 1 is 1.43 bits per heavy atom. The van der Waals surface area contributed by atoms with Gasteiger partial charge >= 0.3 is 0 Å². The van der Waals surface area contributed by atoms with Gasteiger partial charge in [-0.05, 0) is 43.4 Å². The lowest BCUT2D eigenvalue weighted by Gasteiger charge is -2.12. The van der Waals surface area contributed by atoms with Crippen molar-refractivity contribution < 1.29 is 17.9 Å². The van der Waals surface area contributed by atoms with E-state index in [1.54, 1.807) is 6.92 Å². The molecule has 21 heavy (non-hydrogen) atoms. The van der Waals surface area contributed by atoms with Crippen molar-refractivity contribution in [3.63, 3.8) is 0 Å². The number of halogens is 1. The summed E-state index contributed by atoms with van der Waals surface area (Å²) >= 11 is 0. The number of carbonyl (C=O) groups is 1. The SMILES string of the molecule is CCOc1ccc(C(=O)NCC2(C)CC2)cc1S(=O)(=O)Cl. The molecule has 0 aliphatic heterocycles. The van der Waals surface area contributed by atoms with Gasteiger partial charge in [-0.1, -0.05) is 6.92 Å². The molecule has 0 atom stereocenters. The first-order valence-corrected chi connectivity index (χ1v) is 9.06. The van der Waals surface area contributed by atoms with Crippen molar-refractivity contribution in [1.29, 1.82) is 0 Å². The summed E-state index contributed by atoms with van der Waals surface area (Å²) in [5.74, 6) is -0.161. The summed E-state index contributed by atoms with van der Waals surface area (Å²) in [6, 6.07) is 4.23. The number of benzene rings is 1. The highest BCUT2D eigenvalue weighted by molar-refractivity contribution is 8.13. The van der Waals surface area contributed by atoms with Crippen molar-refractivity contribution in [2.24, 2.45) is 5.41 Å². The van der Waals surface area contributed by atoms with Gasteiger partial charge in [0, 0.05) is 22.8 Å². The van der Waals surface area contributed by atoms with Crippen LogP contribution in [-0.2, 0) is 9.05 Å². The van der Waals surface area contributed by atoms with Gasteiger partial charge in [0.05, 0.1) is 6.61 Å². The normalized spacial score (nSPS) is 16.3. The van der Waals surface area contributed by atoms with Gasteiger partial charge in [-0.3, -0.25) is 4.79 Å². The minimum Gasteiger partial charge on any atom is -0.492 e. The van der Waals surface area contributed by atoms with Crippen LogP contribution in [0.15, 0.2) is 23.1 Å². The van der Waals surface area contributed by atoms with Crippen LogP contribution in [0.1, 0.15) is 37.0 Å². The molecular weight excluding hydrogens is 314 g/mol. The lowest BCUT2D eigenvalue weighted by Crippen LogP contribution is -2.29. The molecule has 1 N–H and O–H groups in total. The molecule has 1 fully saturated rings. The zero-order chi connectivity index (χ0) is 15.7. The Morgan fingerprint density at radius 2 is 2.10 bits per heavy atom. The molecule has 1 aromatic rings. The third-order valence-electron chi connectivity index (χ3n) is 3.55. The second kappa shape index (κ2) is 5.85. The zero-order valence-corrected chi connectivity index (χ0v) is 13.6. The zero-order valence-electron chi connectivity index (χ0n) is 12.0. The Kier molecular flexibility index (Phi) is 4.49. The standard InChI is InChI=1S/C14H18ClNO4S/c1-3-20-11-5-4-10(8-12(11)21(15,18)19)13(17)16-9-14(2)6-7-14/h4-5,8H,3,6-7,9H2,1-2H3,(H,16,17). The predicted molar refractivity (Wildman–Crippen MR) is 80.3 cm³/mol. The van der Waals surface area contributed by atoms with Gasteiger partial charge in [0.25, 0.3) is 15.0 Å². The Balaban J connectivity index is 2.22. The van der Waals surface area contributed by atoms with E-state index in [9.17, 15) is 13.2 Å². The second-order valence-corrected chi connectivity index (χ2v) is 8.06. The molecule has 7 heteroatoms. The highest BCUT2D eigenvalue weighted by Gasteiger charge is 2.37. The fourth-order valence-electron chi connectivity index (χ4n) is 1.90. The van der Waals surface area contributed by atoms with E-state index in [2.05, 4.69) is 12.2 Å². The fourth-order valence-corrected chi connectivity index (χ4v) is 2.90. The Morgan fingerprint density at radius 3 is 2.62 bits per heavy atom. The van der Waals surface area contributed by atoms with Crippen molar-refractivity contribution in [2.45, 2.75) is 31.6 Å². The Labute approximate surface area is 129 Å². The third kappa shape index (κ3) is 4.11. The topological polar surface area (TPSA) is 72.5 Å². The van der Waals surface area contributed by atoms with Crippen LogP contribution in [-0.4, -0.2) is 27.5 Å². The van der Waals surface area contributed by atoms with Crippen molar-refractivity contribution in [3.05, 3.63) is 23.8 Å². The predicted octanol–water partition coefficient (Wildman–Crippen LogP) is 2.54. The average Bonchev–Trinajstić information content (AvgIpc) is 3.14. The maximum atomic E-state index is 12.1. The van der Waals surface area contributed by atoms with Gasteiger partial charge < -0.3 is 10.1 Å². The molecule has 1 aromatic carbocycles. The molecule has 2 rings (SSSR count). The molecule has 5 nitrogen and oxygen atoms in total. The largest absolute Gasteiger partial charge is 0.492 e. The first kappa shape index (κ1) is 16.1. The lowest BCUT2D eigenvalue weighted by molar-refractivity contribution is 0.0946. The summed E-state index contributed by atoms with van der Waals surface area (Å²) in [7, 11) is 1.42. The number of hydrogen-bond donors (Lipinski definition) is 1. The first-order chi connectivity index (χ1) is 9.75. The van der Waals surface area contributed by atoms with E-state index >= 15 is 0 Å². The molecule has 0 saturated heterocycles. The molecule has 1 saturated carbocycles. The molecule has 0 unspecified atom stereocenters. The number of carbonyl (C=O) groups excluding carboxylic acids is 1. The van der Waals surface area contributed by atoms with Crippen LogP contribution in [0, 0.1) is 5.41 Å². The molecule has 0 radical (unpaired) electrons. The number of nitrogens with one attached hydrogen (secondary N) is 1. The van der Waals surface area contributed by atoms with Crippen LogP contribution in [0.3, 0.4) is 0 Å².